The molecule has 0 bridgehead atoms. The molecule has 0 fully saturated rings. The lowest BCUT2D eigenvalue weighted by Crippen LogP contribution is -2.34. The molecule has 0 heterocycles. The van der Waals surface area contributed by atoms with Crippen LogP contribution >= 0.6 is 28.1 Å². The minimum atomic E-state index is -0.328. The number of nitrogens with one attached hydrogen (secondary N) is 2. The van der Waals surface area contributed by atoms with Gasteiger partial charge in [0, 0.05) is 28.5 Å². The maximum Gasteiger partial charge on any atom is 0.258 e. The first kappa shape index (κ1) is 20.7. The maximum absolute atomic E-state index is 12.8. The summed E-state index contributed by atoms with van der Waals surface area (Å²) >= 11 is 8.58. The molecule has 0 saturated carbocycles. The molecule has 7 heteroatoms. The van der Waals surface area contributed by atoms with E-state index in [1.165, 1.54) is 0 Å². The fourth-order valence-corrected chi connectivity index (χ4v) is 3.35. The van der Waals surface area contributed by atoms with Crippen LogP contribution in [0.25, 0.3) is 0 Å². The van der Waals surface area contributed by atoms with Gasteiger partial charge in [-0.25, -0.2) is 0 Å². The van der Waals surface area contributed by atoms with E-state index in [4.69, 9.17) is 12.2 Å². The summed E-state index contributed by atoms with van der Waals surface area (Å²) in [5.41, 5.74) is 2.38. The van der Waals surface area contributed by atoms with Crippen molar-refractivity contribution in [2.75, 3.05) is 17.3 Å². The SMILES string of the molecule is CN(C(=O)c1cccc(NC(=S)NC(=O)c2ccccc2Br)c1)c1ccccc1. The van der Waals surface area contributed by atoms with Crippen molar-refractivity contribution in [3.63, 3.8) is 0 Å². The molecular formula is C22H18BrN3O2S. The third-order valence-corrected chi connectivity index (χ3v) is 5.06. The fraction of sp³-hybridized carbons (Fsp3) is 0.0455. The first-order valence-electron chi connectivity index (χ1n) is 8.76. The second-order valence-corrected chi connectivity index (χ2v) is 7.43. The van der Waals surface area contributed by atoms with Gasteiger partial charge in [-0.3, -0.25) is 14.9 Å². The van der Waals surface area contributed by atoms with E-state index in [1.807, 2.05) is 36.4 Å². The van der Waals surface area contributed by atoms with E-state index in [0.717, 1.165) is 5.69 Å². The van der Waals surface area contributed by atoms with Gasteiger partial charge in [-0.15, -0.1) is 0 Å². The van der Waals surface area contributed by atoms with Crippen molar-refractivity contribution in [1.82, 2.24) is 5.32 Å². The molecule has 146 valence electrons. The van der Waals surface area contributed by atoms with Crippen molar-refractivity contribution in [1.29, 1.82) is 0 Å². The summed E-state index contributed by atoms with van der Waals surface area (Å²) < 4.78 is 0.678. The quantitative estimate of drug-likeness (QED) is 0.538. The molecule has 2 N–H and O–H groups in total. The molecule has 0 aromatic heterocycles. The van der Waals surface area contributed by atoms with Crippen molar-refractivity contribution in [3.8, 4) is 0 Å². The van der Waals surface area contributed by atoms with Gasteiger partial charge in [0.05, 0.1) is 5.56 Å². The Kier molecular flexibility index (Phi) is 6.74. The molecule has 0 unspecified atom stereocenters. The Bertz CT molecular complexity index is 1060. The van der Waals surface area contributed by atoms with Crippen LogP contribution in [0.5, 0.6) is 0 Å². The second kappa shape index (κ2) is 9.45. The number of halogens is 1. The number of benzene rings is 3. The zero-order chi connectivity index (χ0) is 20.8. The molecule has 3 aromatic carbocycles. The Labute approximate surface area is 182 Å². The molecule has 5 nitrogen and oxygen atoms in total. The average Bonchev–Trinajstić information content (AvgIpc) is 2.73. The van der Waals surface area contributed by atoms with Crippen LogP contribution < -0.4 is 15.5 Å². The molecule has 0 radical (unpaired) electrons. The Morgan fingerprint density at radius 3 is 2.34 bits per heavy atom. The summed E-state index contributed by atoms with van der Waals surface area (Å²) in [6, 6.07) is 23.4. The van der Waals surface area contributed by atoms with E-state index >= 15 is 0 Å². The minimum absolute atomic E-state index is 0.145. The van der Waals surface area contributed by atoms with Crippen LogP contribution in [0.3, 0.4) is 0 Å². The van der Waals surface area contributed by atoms with Crippen LogP contribution in [0.1, 0.15) is 20.7 Å². The van der Waals surface area contributed by atoms with Crippen LogP contribution in [0, 0.1) is 0 Å². The highest BCUT2D eigenvalue weighted by molar-refractivity contribution is 9.10. The first-order valence-corrected chi connectivity index (χ1v) is 9.96. The lowest BCUT2D eigenvalue weighted by atomic mass is 10.1. The van der Waals surface area contributed by atoms with Crippen LogP contribution in [-0.2, 0) is 0 Å². The maximum atomic E-state index is 12.8. The molecule has 0 aliphatic heterocycles. The summed E-state index contributed by atoms with van der Waals surface area (Å²) in [4.78, 5) is 26.7. The summed E-state index contributed by atoms with van der Waals surface area (Å²) in [6.07, 6.45) is 0. The van der Waals surface area contributed by atoms with Crippen molar-refractivity contribution in [3.05, 3.63) is 94.5 Å². The Balaban J connectivity index is 1.68. The van der Waals surface area contributed by atoms with E-state index < -0.39 is 0 Å². The van der Waals surface area contributed by atoms with Gasteiger partial charge >= 0.3 is 0 Å². The Morgan fingerprint density at radius 1 is 0.931 bits per heavy atom. The molecule has 0 aliphatic carbocycles. The number of hydrogen-bond acceptors (Lipinski definition) is 3. The Morgan fingerprint density at radius 2 is 1.62 bits per heavy atom. The second-order valence-electron chi connectivity index (χ2n) is 6.17. The van der Waals surface area contributed by atoms with Crippen molar-refractivity contribution in [2.24, 2.45) is 0 Å². The summed E-state index contributed by atoms with van der Waals surface area (Å²) in [5, 5.41) is 5.73. The third-order valence-electron chi connectivity index (χ3n) is 4.16. The van der Waals surface area contributed by atoms with Crippen molar-refractivity contribution >= 4 is 56.4 Å². The third kappa shape index (κ3) is 5.28. The molecule has 0 spiro atoms. The largest absolute Gasteiger partial charge is 0.332 e. The number of nitrogens with zero attached hydrogens (tertiary/aromatic N) is 1. The monoisotopic (exact) mass is 467 g/mol. The number of amides is 2. The smallest absolute Gasteiger partial charge is 0.258 e. The molecule has 0 aliphatic rings. The van der Waals surface area contributed by atoms with Crippen molar-refractivity contribution in [2.45, 2.75) is 0 Å². The summed E-state index contributed by atoms with van der Waals surface area (Å²) in [7, 11) is 1.72. The highest BCUT2D eigenvalue weighted by Crippen LogP contribution is 2.18. The molecule has 29 heavy (non-hydrogen) atoms. The lowest BCUT2D eigenvalue weighted by molar-refractivity contribution is 0.0973. The van der Waals surface area contributed by atoms with Gasteiger partial charge < -0.3 is 10.2 Å². The van der Waals surface area contributed by atoms with E-state index in [9.17, 15) is 9.59 Å². The van der Waals surface area contributed by atoms with E-state index in [-0.39, 0.29) is 16.9 Å². The zero-order valence-electron chi connectivity index (χ0n) is 15.6. The van der Waals surface area contributed by atoms with Crippen LogP contribution in [-0.4, -0.2) is 24.0 Å². The van der Waals surface area contributed by atoms with Crippen LogP contribution in [0.2, 0.25) is 0 Å². The Hall–Kier alpha value is -3.03. The fourth-order valence-electron chi connectivity index (χ4n) is 2.67. The summed E-state index contributed by atoms with van der Waals surface area (Å²) in [5.74, 6) is -0.478. The van der Waals surface area contributed by atoms with Gasteiger partial charge in [0.2, 0.25) is 0 Å². The van der Waals surface area contributed by atoms with Crippen LogP contribution in [0.15, 0.2) is 83.3 Å². The number of carbonyl (C=O) groups excluding carboxylic acids is 2. The number of rotatable bonds is 4. The predicted octanol–water partition coefficient (Wildman–Crippen LogP) is 4.85. The molecule has 2 amide bonds. The molecule has 0 atom stereocenters. The molecule has 3 rings (SSSR count). The van der Waals surface area contributed by atoms with Gasteiger partial charge in [0.15, 0.2) is 5.11 Å². The van der Waals surface area contributed by atoms with Crippen LogP contribution in [0.4, 0.5) is 11.4 Å². The average molecular weight is 468 g/mol. The first-order chi connectivity index (χ1) is 14.0. The van der Waals surface area contributed by atoms with E-state index in [1.54, 1.807) is 54.4 Å². The van der Waals surface area contributed by atoms with Gasteiger partial charge in [0.1, 0.15) is 0 Å². The van der Waals surface area contributed by atoms with Gasteiger partial charge in [-0.2, -0.15) is 0 Å². The normalized spacial score (nSPS) is 10.1. The van der Waals surface area contributed by atoms with Gasteiger partial charge in [-0.1, -0.05) is 36.4 Å². The topological polar surface area (TPSA) is 61.4 Å². The van der Waals surface area contributed by atoms with Gasteiger partial charge in [-0.05, 0) is 70.6 Å². The number of para-hydroxylation sites is 1. The number of thiocarbonyl (C=S) groups is 1. The highest BCUT2D eigenvalue weighted by Gasteiger charge is 2.15. The van der Waals surface area contributed by atoms with E-state index in [2.05, 4.69) is 26.6 Å². The van der Waals surface area contributed by atoms with E-state index in [0.29, 0.717) is 21.3 Å². The summed E-state index contributed by atoms with van der Waals surface area (Å²) in [6.45, 7) is 0. The zero-order valence-corrected chi connectivity index (χ0v) is 18.0. The lowest BCUT2D eigenvalue weighted by Gasteiger charge is -2.18. The molecular weight excluding hydrogens is 450 g/mol. The molecule has 0 saturated heterocycles. The highest BCUT2D eigenvalue weighted by atomic mass is 79.9. The number of carbonyl (C=O) groups is 2. The predicted molar refractivity (Wildman–Crippen MR) is 123 cm³/mol. The molecule has 3 aromatic rings. The number of anilines is 2. The number of hydrogen-bond donors (Lipinski definition) is 2. The minimum Gasteiger partial charge on any atom is -0.332 e. The van der Waals surface area contributed by atoms with Gasteiger partial charge in [0.25, 0.3) is 11.8 Å². The van der Waals surface area contributed by atoms with Crippen molar-refractivity contribution < 1.29 is 9.59 Å². The standard InChI is InChI=1S/C22H18BrN3O2S/c1-26(17-10-3-2-4-11-17)21(28)15-8-7-9-16(14-15)24-22(29)25-20(27)18-12-5-6-13-19(18)23/h2-14H,1H3,(H2,24,25,27,29).